The van der Waals surface area contributed by atoms with Gasteiger partial charge in [-0.15, -0.1) is 0 Å². The van der Waals surface area contributed by atoms with Gasteiger partial charge in [-0.1, -0.05) is 36.4 Å². The van der Waals surface area contributed by atoms with Gasteiger partial charge in [0.1, 0.15) is 34.8 Å². The molecule has 2 unspecified atom stereocenters. The summed E-state index contributed by atoms with van der Waals surface area (Å²) < 4.78 is 93.1. The van der Waals surface area contributed by atoms with Gasteiger partial charge in [0.2, 0.25) is 20.0 Å². The van der Waals surface area contributed by atoms with E-state index in [1.54, 1.807) is 12.1 Å². The maximum absolute atomic E-state index is 13.3. The number of hydrogen-bond donors (Lipinski definition) is 2. The number of furan rings is 2. The molecule has 4 aromatic heterocycles. The molecule has 0 amide bonds. The molecule has 0 fully saturated rings. The minimum atomic E-state index is -3.86. The number of hydrogen-bond acceptors (Lipinski definition) is 12. The van der Waals surface area contributed by atoms with Crippen molar-refractivity contribution in [2.75, 3.05) is 26.4 Å². The lowest BCUT2D eigenvalue weighted by Gasteiger charge is -2.17. The van der Waals surface area contributed by atoms with Crippen LogP contribution in [0.1, 0.15) is 47.6 Å². The predicted molar refractivity (Wildman–Crippen MR) is 229 cm³/mol. The summed E-state index contributed by atoms with van der Waals surface area (Å²) in [7, 11) is -7.71. The highest BCUT2D eigenvalue weighted by Crippen LogP contribution is 2.36. The third-order valence-corrected chi connectivity index (χ3v) is 14.1. The molecule has 308 valence electrons. The molecule has 2 aliphatic rings. The standard InChI is InChI=1S/2C22H19NO5S2/c2*24-30(25,17-6-7-19-20(13-17)27-10-3-9-26-19)23-22(16-8-11-29-14-16)21-12-15-4-1-2-5-18(15)28-21/h2*1-2,4-8,11-14,22-23H,3,9-10H2. The van der Waals surface area contributed by atoms with Crippen LogP contribution in [0, 0.1) is 0 Å². The lowest BCUT2D eigenvalue weighted by Crippen LogP contribution is -2.29. The highest BCUT2D eigenvalue weighted by molar-refractivity contribution is 7.89. The Bertz CT molecular complexity index is 2690. The fourth-order valence-electron chi connectivity index (χ4n) is 6.82. The average molecular weight is 883 g/mol. The van der Waals surface area contributed by atoms with E-state index in [0.29, 0.717) is 72.1 Å². The lowest BCUT2D eigenvalue weighted by atomic mass is 10.1. The van der Waals surface area contributed by atoms with E-state index in [9.17, 15) is 16.8 Å². The molecule has 12 nitrogen and oxygen atoms in total. The van der Waals surface area contributed by atoms with E-state index in [1.165, 1.54) is 46.9 Å². The number of fused-ring (bicyclic) bond motifs is 4. The lowest BCUT2D eigenvalue weighted by molar-refractivity contribution is 0.296. The normalized spacial score (nSPS) is 15.1. The molecule has 2 N–H and O–H groups in total. The molecular weight excluding hydrogens is 845 g/mol. The van der Waals surface area contributed by atoms with Gasteiger partial charge in [0, 0.05) is 35.7 Å². The molecule has 0 saturated heterocycles. The fraction of sp³-hybridized carbons (Fsp3) is 0.182. The van der Waals surface area contributed by atoms with Gasteiger partial charge < -0.3 is 27.8 Å². The SMILES string of the molecule is O=S(=O)(NC(c1ccsc1)c1cc2ccccc2o1)c1ccc2c(c1)OCCCO2.O=S(=O)(NC(c1ccsc1)c1cc2ccccc2o1)c1ccc2c(c1)OCCCO2. The zero-order chi connectivity index (χ0) is 41.1. The maximum Gasteiger partial charge on any atom is 0.241 e. The molecule has 2 atom stereocenters. The summed E-state index contributed by atoms with van der Waals surface area (Å²) in [5.41, 5.74) is 3.05. The molecule has 6 heterocycles. The summed E-state index contributed by atoms with van der Waals surface area (Å²) in [4.78, 5) is 0.228. The van der Waals surface area contributed by atoms with Crippen LogP contribution in [0.15, 0.2) is 149 Å². The summed E-state index contributed by atoms with van der Waals surface area (Å²) in [6.45, 7) is 2.06. The third kappa shape index (κ3) is 8.66. The first-order chi connectivity index (χ1) is 29.2. The number of rotatable bonds is 10. The van der Waals surface area contributed by atoms with Crippen LogP contribution < -0.4 is 28.4 Å². The van der Waals surface area contributed by atoms with Gasteiger partial charge in [0.25, 0.3) is 0 Å². The number of para-hydroxylation sites is 2. The molecule has 60 heavy (non-hydrogen) atoms. The number of ether oxygens (including phenoxy) is 4. The molecular formula is C44H38N2O10S4. The Morgan fingerprint density at radius 3 is 1.30 bits per heavy atom. The van der Waals surface area contributed by atoms with Gasteiger partial charge in [-0.2, -0.15) is 32.1 Å². The first-order valence-electron chi connectivity index (χ1n) is 19.1. The van der Waals surface area contributed by atoms with E-state index < -0.39 is 32.1 Å². The van der Waals surface area contributed by atoms with Crippen LogP contribution in [0.3, 0.4) is 0 Å². The van der Waals surface area contributed by atoms with Crippen LogP contribution in [-0.4, -0.2) is 43.3 Å². The summed E-state index contributed by atoms with van der Waals surface area (Å²) in [6.07, 6.45) is 1.50. The van der Waals surface area contributed by atoms with Crippen molar-refractivity contribution in [3.8, 4) is 23.0 Å². The van der Waals surface area contributed by atoms with Crippen molar-refractivity contribution in [1.29, 1.82) is 0 Å². The quantitative estimate of drug-likeness (QED) is 0.136. The van der Waals surface area contributed by atoms with Crippen LogP contribution in [0.2, 0.25) is 0 Å². The molecule has 2 aliphatic heterocycles. The van der Waals surface area contributed by atoms with E-state index in [1.807, 2.05) is 94.3 Å². The molecule has 16 heteroatoms. The Morgan fingerprint density at radius 2 is 0.900 bits per heavy atom. The molecule has 10 rings (SSSR count). The fourth-order valence-corrected chi connectivity index (χ4v) is 10.6. The summed E-state index contributed by atoms with van der Waals surface area (Å²) >= 11 is 3.00. The summed E-state index contributed by atoms with van der Waals surface area (Å²) in [5, 5.41) is 9.48. The topological polar surface area (TPSA) is 156 Å². The average Bonchev–Trinajstić information content (AvgIpc) is 4.08. The van der Waals surface area contributed by atoms with E-state index in [2.05, 4.69) is 9.44 Å². The van der Waals surface area contributed by atoms with Crippen LogP contribution >= 0.6 is 22.7 Å². The number of benzene rings is 4. The summed E-state index contributed by atoms with van der Waals surface area (Å²) in [6, 6.07) is 30.8. The molecule has 0 radical (unpaired) electrons. The Hall–Kier alpha value is -5.62. The molecule has 0 bridgehead atoms. The van der Waals surface area contributed by atoms with Crippen LogP contribution in [0.5, 0.6) is 23.0 Å². The molecule has 0 saturated carbocycles. The largest absolute Gasteiger partial charge is 0.490 e. The molecule has 0 aliphatic carbocycles. The zero-order valence-corrected chi connectivity index (χ0v) is 35.1. The van der Waals surface area contributed by atoms with Crippen molar-refractivity contribution < 1.29 is 44.6 Å². The Balaban J connectivity index is 0.000000154. The number of sulfonamides is 2. The second-order valence-electron chi connectivity index (χ2n) is 13.9. The smallest absolute Gasteiger partial charge is 0.241 e. The van der Waals surface area contributed by atoms with Gasteiger partial charge in [0.15, 0.2) is 23.0 Å². The Labute approximate surface area is 354 Å². The van der Waals surface area contributed by atoms with E-state index in [4.69, 9.17) is 27.8 Å². The highest BCUT2D eigenvalue weighted by atomic mass is 32.2. The third-order valence-electron chi connectivity index (χ3n) is 9.82. The van der Waals surface area contributed by atoms with Gasteiger partial charge in [-0.3, -0.25) is 0 Å². The molecule has 4 aromatic carbocycles. The minimum absolute atomic E-state index is 0.114. The van der Waals surface area contributed by atoms with Crippen molar-refractivity contribution in [3.63, 3.8) is 0 Å². The Kier molecular flexibility index (Phi) is 11.4. The van der Waals surface area contributed by atoms with Crippen molar-refractivity contribution in [3.05, 3.63) is 153 Å². The molecule has 8 aromatic rings. The second-order valence-corrected chi connectivity index (χ2v) is 18.9. The highest BCUT2D eigenvalue weighted by Gasteiger charge is 2.29. The van der Waals surface area contributed by atoms with Gasteiger partial charge in [-0.25, -0.2) is 16.8 Å². The monoisotopic (exact) mass is 882 g/mol. The van der Waals surface area contributed by atoms with E-state index in [0.717, 1.165) is 34.7 Å². The van der Waals surface area contributed by atoms with E-state index >= 15 is 0 Å². The maximum atomic E-state index is 13.3. The number of nitrogens with one attached hydrogen (secondary N) is 2. The number of thiophene rings is 2. The van der Waals surface area contributed by atoms with Crippen molar-refractivity contribution in [2.45, 2.75) is 34.7 Å². The van der Waals surface area contributed by atoms with Crippen molar-refractivity contribution in [2.24, 2.45) is 0 Å². The van der Waals surface area contributed by atoms with Crippen molar-refractivity contribution >= 4 is 64.7 Å². The first kappa shape index (κ1) is 39.8. The van der Waals surface area contributed by atoms with Crippen LogP contribution in [0.4, 0.5) is 0 Å². The first-order valence-corrected chi connectivity index (χ1v) is 23.9. The summed E-state index contributed by atoms with van der Waals surface area (Å²) in [5.74, 6) is 3.05. The van der Waals surface area contributed by atoms with Crippen LogP contribution in [0.25, 0.3) is 21.9 Å². The Morgan fingerprint density at radius 1 is 0.483 bits per heavy atom. The predicted octanol–water partition coefficient (Wildman–Crippen LogP) is 9.45. The minimum Gasteiger partial charge on any atom is -0.490 e. The second kappa shape index (κ2) is 17.2. The zero-order valence-electron chi connectivity index (χ0n) is 31.8. The molecule has 0 spiro atoms. The van der Waals surface area contributed by atoms with E-state index in [-0.39, 0.29) is 9.79 Å². The van der Waals surface area contributed by atoms with Gasteiger partial charge >= 0.3 is 0 Å². The van der Waals surface area contributed by atoms with Gasteiger partial charge in [-0.05, 0) is 93.3 Å². The van der Waals surface area contributed by atoms with Gasteiger partial charge in [0.05, 0.1) is 36.2 Å². The van der Waals surface area contributed by atoms with Crippen LogP contribution in [-0.2, 0) is 20.0 Å². The van der Waals surface area contributed by atoms with Crippen molar-refractivity contribution in [1.82, 2.24) is 9.44 Å².